The van der Waals surface area contributed by atoms with Crippen molar-refractivity contribution in [3.8, 4) is 0 Å². The topological polar surface area (TPSA) is 110 Å². The highest BCUT2D eigenvalue weighted by molar-refractivity contribution is 7.89. The molecule has 6 nitrogen and oxygen atoms in total. The summed E-state index contributed by atoms with van der Waals surface area (Å²) < 4.78 is 25.3. The predicted molar refractivity (Wildman–Crippen MR) is 172 cm³/mol. The Labute approximate surface area is 249 Å². The number of anilines is 1. The first-order valence-electron chi connectivity index (χ1n) is 13.9. The highest BCUT2D eigenvalue weighted by atomic mass is 32.2. The maximum atomic E-state index is 12.6. The van der Waals surface area contributed by atoms with Crippen molar-refractivity contribution in [2.24, 2.45) is 10.9 Å². The summed E-state index contributed by atoms with van der Waals surface area (Å²) in [7, 11) is -3.93. The zero-order chi connectivity index (χ0) is 29.6. The molecule has 0 amide bonds. The Bertz CT molecular complexity index is 1610. The molecule has 0 atom stereocenters. The molecule has 6 N–H and O–H groups in total. The van der Waals surface area contributed by atoms with E-state index in [4.69, 9.17) is 10.9 Å². The summed E-state index contributed by atoms with van der Waals surface area (Å²) in [4.78, 5) is 0.158. The Morgan fingerprint density at radius 2 is 1.00 bits per heavy atom. The predicted octanol–water partition coefficient (Wildman–Crippen LogP) is 5.97. The molecule has 7 heteroatoms. The molecule has 0 aliphatic rings. The van der Waals surface area contributed by atoms with Crippen LogP contribution in [0.2, 0.25) is 0 Å². The zero-order valence-corrected chi connectivity index (χ0v) is 24.4. The molecule has 5 aromatic rings. The second kappa shape index (κ2) is 15.7. The van der Waals surface area contributed by atoms with Gasteiger partial charge in [-0.3, -0.25) is 0 Å². The first kappa shape index (κ1) is 30.7. The maximum Gasteiger partial charge on any atom is 0.238 e. The molecule has 0 aromatic heterocycles. The Morgan fingerprint density at radius 3 is 1.48 bits per heavy atom. The van der Waals surface area contributed by atoms with Crippen LogP contribution in [0.4, 0.5) is 5.69 Å². The Balaban J connectivity index is 0.000000437. The van der Waals surface area contributed by atoms with Crippen molar-refractivity contribution in [3.05, 3.63) is 167 Å². The van der Waals surface area contributed by atoms with Gasteiger partial charge in [-0.2, -0.15) is 0 Å². The Morgan fingerprint density at radius 1 is 0.548 bits per heavy atom. The summed E-state index contributed by atoms with van der Waals surface area (Å²) in [5.41, 5.74) is 12.1. The van der Waals surface area contributed by atoms with Crippen LogP contribution in [0.1, 0.15) is 33.4 Å². The van der Waals surface area contributed by atoms with Crippen LogP contribution in [0.25, 0.3) is 0 Å². The first-order valence-corrected chi connectivity index (χ1v) is 15.5. The fourth-order valence-electron chi connectivity index (χ4n) is 4.55. The van der Waals surface area contributed by atoms with Crippen molar-refractivity contribution >= 4 is 15.7 Å². The van der Waals surface area contributed by atoms with E-state index in [9.17, 15) is 8.42 Å². The van der Waals surface area contributed by atoms with Crippen LogP contribution in [-0.2, 0) is 42.6 Å². The van der Waals surface area contributed by atoms with E-state index in [-0.39, 0.29) is 4.90 Å². The summed E-state index contributed by atoms with van der Waals surface area (Å²) in [5, 5.41) is 12.6. The summed E-state index contributed by atoms with van der Waals surface area (Å²) in [5.74, 6) is 0. The lowest BCUT2D eigenvalue weighted by molar-refractivity contribution is 0.596. The van der Waals surface area contributed by atoms with Gasteiger partial charge in [0, 0.05) is 38.3 Å². The van der Waals surface area contributed by atoms with E-state index in [1.54, 1.807) is 6.07 Å². The fourth-order valence-corrected chi connectivity index (χ4v) is 5.39. The molecular weight excluding hydrogens is 540 g/mol. The van der Waals surface area contributed by atoms with Crippen LogP contribution in [0, 0.1) is 0 Å². The minimum atomic E-state index is -3.93. The molecule has 0 spiro atoms. The molecule has 0 fully saturated rings. The number of hydrogen-bond donors (Lipinski definition) is 4. The van der Waals surface area contributed by atoms with Gasteiger partial charge in [0.1, 0.15) is 0 Å². The quantitative estimate of drug-likeness (QED) is 0.154. The summed E-state index contributed by atoms with van der Waals surface area (Å²) in [6.45, 7) is 2.42. The van der Waals surface area contributed by atoms with E-state index in [0.29, 0.717) is 38.2 Å². The van der Waals surface area contributed by atoms with Gasteiger partial charge < -0.3 is 16.4 Å². The van der Waals surface area contributed by atoms with Gasteiger partial charge in [-0.1, -0.05) is 121 Å². The van der Waals surface area contributed by atoms with Gasteiger partial charge in [-0.25, -0.2) is 13.6 Å². The third kappa shape index (κ3) is 9.68. The summed E-state index contributed by atoms with van der Waals surface area (Å²) >= 11 is 0. The van der Waals surface area contributed by atoms with Crippen molar-refractivity contribution < 1.29 is 8.42 Å². The van der Waals surface area contributed by atoms with Crippen LogP contribution >= 0.6 is 0 Å². The van der Waals surface area contributed by atoms with Crippen molar-refractivity contribution in [1.29, 1.82) is 0 Å². The van der Waals surface area contributed by atoms with Crippen LogP contribution in [0.15, 0.2) is 138 Å². The average Bonchev–Trinajstić information content (AvgIpc) is 3.02. The van der Waals surface area contributed by atoms with Crippen LogP contribution in [0.3, 0.4) is 0 Å². The average molecular weight is 579 g/mol. The normalized spacial score (nSPS) is 10.9. The number of primary sulfonamides is 1. The van der Waals surface area contributed by atoms with E-state index in [0.717, 1.165) is 27.9 Å². The van der Waals surface area contributed by atoms with Crippen LogP contribution < -0.4 is 21.5 Å². The SMILES string of the molecule is NCc1ccccc1.NS(=O)(=O)c1cc(CNCc2ccccc2)cc(NCc2ccccc2)c1Cc1ccccc1. The summed E-state index contributed by atoms with van der Waals surface area (Å²) in [6, 6.07) is 43.6. The summed E-state index contributed by atoms with van der Waals surface area (Å²) in [6.07, 6.45) is 0.460. The lowest BCUT2D eigenvalue weighted by Gasteiger charge is -2.18. The van der Waals surface area contributed by atoms with E-state index in [1.807, 2.05) is 115 Å². The van der Waals surface area contributed by atoms with Gasteiger partial charge >= 0.3 is 0 Å². The maximum absolute atomic E-state index is 12.6. The van der Waals surface area contributed by atoms with Crippen LogP contribution in [-0.4, -0.2) is 8.42 Å². The highest BCUT2D eigenvalue weighted by Crippen LogP contribution is 2.29. The van der Waals surface area contributed by atoms with Gasteiger partial charge in [0.25, 0.3) is 0 Å². The second-order valence-electron chi connectivity index (χ2n) is 9.95. The van der Waals surface area contributed by atoms with Crippen LogP contribution in [0.5, 0.6) is 0 Å². The third-order valence-electron chi connectivity index (χ3n) is 6.70. The van der Waals surface area contributed by atoms with E-state index >= 15 is 0 Å². The third-order valence-corrected chi connectivity index (χ3v) is 7.68. The first-order chi connectivity index (χ1) is 20.4. The molecule has 5 rings (SSSR count). The number of nitrogens with one attached hydrogen (secondary N) is 2. The van der Waals surface area contributed by atoms with Gasteiger partial charge in [-0.15, -0.1) is 0 Å². The fraction of sp³-hybridized carbons (Fsp3) is 0.143. The lowest BCUT2D eigenvalue weighted by atomic mass is 10.0. The molecule has 0 heterocycles. The van der Waals surface area contributed by atoms with E-state index in [2.05, 4.69) is 22.8 Å². The highest BCUT2D eigenvalue weighted by Gasteiger charge is 2.20. The number of rotatable bonds is 11. The molecule has 216 valence electrons. The number of nitrogens with two attached hydrogens (primary N) is 2. The molecule has 0 radical (unpaired) electrons. The molecule has 0 saturated heterocycles. The zero-order valence-electron chi connectivity index (χ0n) is 23.6. The van der Waals surface area contributed by atoms with Crippen molar-refractivity contribution in [3.63, 3.8) is 0 Å². The number of hydrogen-bond acceptors (Lipinski definition) is 5. The standard InChI is InChI=1S/C28H29N3O2S.C7H9N/c29-34(32,33)28-18-25(20-30-19-23-12-6-2-7-13-23)17-27(31-21-24-14-8-3-9-15-24)26(28)16-22-10-4-1-5-11-22;8-6-7-4-2-1-3-5-7/h1-15,17-18,30-31H,16,19-21H2,(H2,29,32,33);1-5H,6,8H2. The molecular formula is C35H38N4O2S. The van der Waals surface area contributed by atoms with Gasteiger partial charge in [0.05, 0.1) is 4.90 Å². The minimum Gasteiger partial charge on any atom is -0.381 e. The Hall–Kier alpha value is -4.27. The lowest BCUT2D eigenvalue weighted by Crippen LogP contribution is -2.19. The molecule has 0 saturated carbocycles. The van der Waals surface area contributed by atoms with Crippen molar-refractivity contribution in [1.82, 2.24) is 5.32 Å². The Kier molecular flexibility index (Phi) is 11.4. The van der Waals surface area contributed by atoms with Crippen molar-refractivity contribution in [2.75, 3.05) is 5.32 Å². The van der Waals surface area contributed by atoms with Crippen molar-refractivity contribution in [2.45, 2.75) is 37.5 Å². The second-order valence-corrected chi connectivity index (χ2v) is 11.5. The number of benzene rings is 5. The van der Waals surface area contributed by atoms with E-state index in [1.165, 1.54) is 5.56 Å². The largest absolute Gasteiger partial charge is 0.381 e. The smallest absolute Gasteiger partial charge is 0.238 e. The molecule has 0 bridgehead atoms. The molecule has 42 heavy (non-hydrogen) atoms. The number of sulfonamides is 1. The molecule has 0 aliphatic heterocycles. The van der Waals surface area contributed by atoms with Gasteiger partial charge in [-0.05, 0) is 45.5 Å². The minimum absolute atomic E-state index is 0.158. The van der Waals surface area contributed by atoms with Gasteiger partial charge in [0.15, 0.2) is 0 Å². The molecule has 5 aromatic carbocycles. The van der Waals surface area contributed by atoms with E-state index < -0.39 is 10.0 Å². The molecule has 0 unspecified atom stereocenters. The molecule has 0 aliphatic carbocycles. The van der Waals surface area contributed by atoms with Gasteiger partial charge in [0.2, 0.25) is 10.0 Å². The monoisotopic (exact) mass is 578 g/mol.